The number of carbonyl (C=O) groups is 1. The standard InChI is InChI=1S/C24H30ClFN2O4/c1-16-11-19(25)5-4-18(16)13-21(23(31-2)14-24(29)27-30)20-6-3-17(12-22(20)26)15-28-7-9-32-10-8-28/h3-6,11-12,21,23,30H,7-10,13-15H2,1-2H3,(H,27,29)/t21-,23-/m1/s1. The highest BCUT2D eigenvalue weighted by atomic mass is 35.5. The first-order chi connectivity index (χ1) is 15.4. The molecule has 0 bridgehead atoms. The highest BCUT2D eigenvalue weighted by Gasteiger charge is 2.29. The van der Waals surface area contributed by atoms with Crippen LogP contribution in [0.1, 0.15) is 34.6 Å². The lowest BCUT2D eigenvalue weighted by molar-refractivity contribution is -0.132. The summed E-state index contributed by atoms with van der Waals surface area (Å²) in [6, 6.07) is 10.8. The van der Waals surface area contributed by atoms with E-state index in [0.717, 1.165) is 29.8 Å². The lowest BCUT2D eigenvalue weighted by Gasteiger charge is -2.28. The van der Waals surface area contributed by atoms with Crippen LogP contribution in [0.5, 0.6) is 0 Å². The first-order valence-corrected chi connectivity index (χ1v) is 11.1. The lowest BCUT2D eigenvalue weighted by Crippen LogP contribution is -2.35. The van der Waals surface area contributed by atoms with Crippen molar-refractivity contribution in [2.45, 2.75) is 38.3 Å². The van der Waals surface area contributed by atoms with E-state index in [2.05, 4.69) is 4.90 Å². The van der Waals surface area contributed by atoms with Crippen molar-refractivity contribution in [2.75, 3.05) is 33.4 Å². The largest absolute Gasteiger partial charge is 0.380 e. The quantitative estimate of drug-likeness (QED) is 0.435. The molecule has 6 nitrogen and oxygen atoms in total. The molecule has 0 aromatic heterocycles. The SMILES string of the molecule is CO[C@H](CC(=O)NO)[C@H](Cc1ccc(Cl)cc1C)c1ccc(CN2CCOCC2)cc1F. The predicted octanol–water partition coefficient (Wildman–Crippen LogP) is 3.86. The molecular weight excluding hydrogens is 435 g/mol. The Bertz CT molecular complexity index is 921. The van der Waals surface area contributed by atoms with Gasteiger partial charge in [0.25, 0.3) is 0 Å². The van der Waals surface area contributed by atoms with E-state index in [1.54, 1.807) is 23.7 Å². The Morgan fingerprint density at radius 1 is 1.28 bits per heavy atom. The summed E-state index contributed by atoms with van der Waals surface area (Å²) < 4.78 is 26.3. The molecule has 0 radical (unpaired) electrons. The molecule has 1 aliphatic heterocycles. The maximum Gasteiger partial charge on any atom is 0.245 e. The van der Waals surface area contributed by atoms with E-state index >= 15 is 4.39 Å². The van der Waals surface area contributed by atoms with Crippen molar-refractivity contribution in [3.63, 3.8) is 0 Å². The number of morpholine rings is 1. The fourth-order valence-corrected chi connectivity index (χ4v) is 4.40. The number of amides is 1. The number of ether oxygens (including phenoxy) is 2. The smallest absolute Gasteiger partial charge is 0.245 e. The fraction of sp³-hybridized carbons (Fsp3) is 0.458. The molecule has 2 aromatic carbocycles. The van der Waals surface area contributed by atoms with E-state index in [4.69, 9.17) is 26.3 Å². The maximum absolute atomic E-state index is 15.4. The van der Waals surface area contributed by atoms with Crippen LogP contribution in [-0.4, -0.2) is 55.5 Å². The monoisotopic (exact) mass is 464 g/mol. The van der Waals surface area contributed by atoms with E-state index in [1.807, 2.05) is 25.1 Å². The molecular formula is C24H30ClFN2O4. The van der Waals surface area contributed by atoms with Crippen molar-refractivity contribution in [1.82, 2.24) is 10.4 Å². The Hall–Kier alpha value is -2.03. The molecule has 0 saturated carbocycles. The van der Waals surface area contributed by atoms with E-state index in [-0.39, 0.29) is 12.2 Å². The van der Waals surface area contributed by atoms with Gasteiger partial charge in [0.05, 0.1) is 25.7 Å². The Balaban J connectivity index is 1.89. The first-order valence-electron chi connectivity index (χ1n) is 10.7. The van der Waals surface area contributed by atoms with Gasteiger partial charge in [-0.2, -0.15) is 0 Å². The number of hydrogen-bond donors (Lipinski definition) is 2. The number of hydrogen-bond acceptors (Lipinski definition) is 5. The van der Waals surface area contributed by atoms with Gasteiger partial charge in [-0.15, -0.1) is 0 Å². The number of methoxy groups -OCH3 is 1. The maximum atomic E-state index is 15.4. The molecule has 0 spiro atoms. The average Bonchev–Trinajstić information content (AvgIpc) is 2.78. The molecule has 1 amide bonds. The van der Waals surface area contributed by atoms with Gasteiger partial charge < -0.3 is 9.47 Å². The number of carbonyl (C=O) groups excluding carboxylic acids is 1. The normalized spacial score (nSPS) is 16.5. The molecule has 8 heteroatoms. The molecule has 1 heterocycles. The summed E-state index contributed by atoms with van der Waals surface area (Å²) in [5.41, 5.74) is 4.97. The number of benzene rings is 2. The zero-order chi connectivity index (χ0) is 23.1. The zero-order valence-corrected chi connectivity index (χ0v) is 19.2. The Morgan fingerprint density at radius 3 is 2.66 bits per heavy atom. The summed E-state index contributed by atoms with van der Waals surface area (Å²) in [7, 11) is 1.49. The van der Waals surface area contributed by atoms with Crippen LogP contribution in [-0.2, 0) is 27.2 Å². The molecule has 0 unspecified atom stereocenters. The van der Waals surface area contributed by atoms with Crippen LogP contribution in [0.3, 0.4) is 0 Å². The van der Waals surface area contributed by atoms with Gasteiger partial charge in [0.15, 0.2) is 0 Å². The van der Waals surface area contributed by atoms with Gasteiger partial charge >= 0.3 is 0 Å². The van der Waals surface area contributed by atoms with Gasteiger partial charge in [0.1, 0.15) is 5.82 Å². The summed E-state index contributed by atoms with van der Waals surface area (Å²) in [6.07, 6.45) is -0.268. The molecule has 0 aliphatic carbocycles. The van der Waals surface area contributed by atoms with E-state index in [0.29, 0.717) is 36.8 Å². The van der Waals surface area contributed by atoms with Crippen molar-refractivity contribution >= 4 is 17.5 Å². The van der Waals surface area contributed by atoms with Gasteiger partial charge in [0.2, 0.25) is 5.91 Å². The van der Waals surface area contributed by atoms with Gasteiger partial charge in [0, 0.05) is 37.7 Å². The second-order valence-electron chi connectivity index (χ2n) is 8.14. The number of halogens is 2. The second kappa shape index (κ2) is 11.7. The topological polar surface area (TPSA) is 71.0 Å². The Kier molecular flexibility index (Phi) is 9.02. The molecule has 32 heavy (non-hydrogen) atoms. The third-order valence-corrected chi connectivity index (χ3v) is 6.22. The summed E-state index contributed by atoms with van der Waals surface area (Å²) >= 11 is 6.09. The van der Waals surface area contributed by atoms with Crippen molar-refractivity contribution in [3.8, 4) is 0 Å². The second-order valence-corrected chi connectivity index (χ2v) is 8.58. The van der Waals surface area contributed by atoms with Crippen molar-refractivity contribution < 1.29 is 23.9 Å². The lowest BCUT2D eigenvalue weighted by atomic mass is 9.84. The number of aryl methyl sites for hydroxylation is 1. The van der Waals surface area contributed by atoms with Gasteiger partial charge in [-0.1, -0.05) is 29.8 Å². The van der Waals surface area contributed by atoms with Crippen molar-refractivity contribution in [1.29, 1.82) is 0 Å². The first kappa shape index (κ1) is 24.6. The third kappa shape index (κ3) is 6.49. The van der Waals surface area contributed by atoms with Crippen LogP contribution < -0.4 is 5.48 Å². The number of nitrogens with zero attached hydrogens (tertiary/aromatic N) is 1. The minimum Gasteiger partial charge on any atom is -0.380 e. The summed E-state index contributed by atoms with van der Waals surface area (Å²) in [5, 5.41) is 9.61. The van der Waals surface area contributed by atoms with Gasteiger partial charge in [-0.05, 0) is 53.8 Å². The van der Waals surface area contributed by atoms with Crippen LogP contribution in [0.15, 0.2) is 36.4 Å². The van der Waals surface area contributed by atoms with E-state index in [9.17, 15) is 4.79 Å². The molecule has 1 aliphatic rings. The minimum atomic E-state index is -0.628. The van der Waals surface area contributed by atoms with Gasteiger partial charge in [-0.3, -0.25) is 14.9 Å². The average molecular weight is 465 g/mol. The number of nitrogens with one attached hydrogen (secondary N) is 1. The molecule has 1 saturated heterocycles. The zero-order valence-electron chi connectivity index (χ0n) is 18.4. The molecule has 2 aromatic rings. The van der Waals surface area contributed by atoms with Crippen LogP contribution in [0.25, 0.3) is 0 Å². The highest BCUT2D eigenvalue weighted by molar-refractivity contribution is 6.30. The summed E-state index contributed by atoms with van der Waals surface area (Å²) in [4.78, 5) is 14.1. The molecule has 1 fully saturated rings. The van der Waals surface area contributed by atoms with Crippen LogP contribution in [0.2, 0.25) is 5.02 Å². The van der Waals surface area contributed by atoms with Crippen LogP contribution in [0, 0.1) is 12.7 Å². The fourth-order valence-electron chi connectivity index (χ4n) is 4.17. The molecule has 2 N–H and O–H groups in total. The summed E-state index contributed by atoms with van der Waals surface area (Å²) in [5.74, 6) is -1.35. The van der Waals surface area contributed by atoms with Crippen LogP contribution >= 0.6 is 11.6 Å². The van der Waals surface area contributed by atoms with E-state index < -0.39 is 17.9 Å². The molecule has 174 valence electrons. The van der Waals surface area contributed by atoms with E-state index in [1.165, 1.54) is 7.11 Å². The Morgan fingerprint density at radius 2 is 2.03 bits per heavy atom. The predicted molar refractivity (Wildman–Crippen MR) is 120 cm³/mol. The third-order valence-electron chi connectivity index (χ3n) is 5.98. The Labute approximate surface area is 193 Å². The number of hydroxylamine groups is 1. The highest BCUT2D eigenvalue weighted by Crippen LogP contribution is 2.32. The minimum absolute atomic E-state index is 0.0979. The number of rotatable bonds is 9. The molecule has 2 atom stereocenters. The van der Waals surface area contributed by atoms with Crippen molar-refractivity contribution in [2.24, 2.45) is 0 Å². The summed E-state index contributed by atoms with van der Waals surface area (Å²) in [6.45, 7) is 5.62. The van der Waals surface area contributed by atoms with Gasteiger partial charge in [-0.25, -0.2) is 9.87 Å². The van der Waals surface area contributed by atoms with Crippen molar-refractivity contribution in [3.05, 3.63) is 69.5 Å². The molecule has 3 rings (SSSR count). The van der Waals surface area contributed by atoms with Crippen LogP contribution in [0.4, 0.5) is 4.39 Å².